The fourth-order valence-corrected chi connectivity index (χ4v) is 1.94. The minimum Gasteiger partial charge on any atom is -0.380 e. The van der Waals surface area contributed by atoms with Crippen LogP contribution in [0.1, 0.15) is 26.7 Å². The summed E-state index contributed by atoms with van der Waals surface area (Å²) in [6.45, 7) is 10.6. The van der Waals surface area contributed by atoms with Crippen LogP contribution in [0.3, 0.4) is 0 Å². The topological polar surface area (TPSA) is 24.5 Å². The minimum atomic E-state index is 0.719. The van der Waals surface area contributed by atoms with Gasteiger partial charge in [0.25, 0.3) is 0 Å². The Morgan fingerprint density at radius 2 is 2.29 bits per heavy atom. The number of nitrogens with zero attached hydrogens (tertiary/aromatic N) is 1. The van der Waals surface area contributed by atoms with Crippen LogP contribution in [0.5, 0.6) is 0 Å². The largest absolute Gasteiger partial charge is 0.380 e. The molecule has 0 spiro atoms. The summed E-state index contributed by atoms with van der Waals surface area (Å²) in [5, 5.41) is 3.53. The molecule has 1 heterocycles. The molecule has 84 valence electrons. The van der Waals surface area contributed by atoms with Gasteiger partial charge in [-0.05, 0) is 32.9 Å². The number of hydrogen-bond donors (Lipinski definition) is 1. The lowest BCUT2D eigenvalue weighted by molar-refractivity contribution is 0.112. The van der Waals surface area contributed by atoms with Gasteiger partial charge >= 0.3 is 0 Å². The van der Waals surface area contributed by atoms with Crippen molar-refractivity contribution in [2.24, 2.45) is 0 Å². The molecule has 1 atom stereocenters. The zero-order chi connectivity index (χ0) is 10.2. The third-order valence-corrected chi connectivity index (χ3v) is 2.84. The molecule has 1 saturated heterocycles. The van der Waals surface area contributed by atoms with E-state index in [0.29, 0.717) is 0 Å². The Balaban J connectivity index is 2.10. The molecule has 0 aromatic carbocycles. The zero-order valence-corrected chi connectivity index (χ0v) is 9.59. The normalized spacial score (nSPS) is 22.1. The second-order valence-corrected chi connectivity index (χ2v) is 3.88. The molecule has 1 rings (SSSR count). The zero-order valence-electron chi connectivity index (χ0n) is 9.59. The molecule has 0 bridgehead atoms. The van der Waals surface area contributed by atoms with Crippen molar-refractivity contribution >= 4 is 0 Å². The van der Waals surface area contributed by atoms with E-state index >= 15 is 0 Å². The molecule has 1 unspecified atom stereocenters. The fourth-order valence-electron chi connectivity index (χ4n) is 1.94. The first-order chi connectivity index (χ1) is 6.86. The first-order valence-electron chi connectivity index (χ1n) is 5.90. The van der Waals surface area contributed by atoms with Crippen LogP contribution in [0.4, 0.5) is 0 Å². The second kappa shape index (κ2) is 7.21. The molecule has 0 radical (unpaired) electrons. The van der Waals surface area contributed by atoms with Gasteiger partial charge in [0.2, 0.25) is 0 Å². The van der Waals surface area contributed by atoms with E-state index in [9.17, 15) is 0 Å². The van der Waals surface area contributed by atoms with Crippen LogP contribution in [0, 0.1) is 0 Å². The molecule has 1 N–H and O–H groups in total. The van der Waals surface area contributed by atoms with Gasteiger partial charge in [0, 0.05) is 25.7 Å². The first kappa shape index (κ1) is 12.0. The van der Waals surface area contributed by atoms with E-state index in [4.69, 9.17) is 4.74 Å². The second-order valence-electron chi connectivity index (χ2n) is 3.88. The van der Waals surface area contributed by atoms with Gasteiger partial charge in [-0.2, -0.15) is 0 Å². The molecule has 0 aromatic heterocycles. The van der Waals surface area contributed by atoms with Crippen molar-refractivity contribution in [1.29, 1.82) is 0 Å². The molecule has 0 aromatic rings. The van der Waals surface area contributed by atoms with Gasteiger partial charge < -0.3 is 10.1 Å². The molecule has 1 aliphatic heterocycles. The van der Waals surface area contributed by atoms with E-state index in [1.165, 1.54) is 25.9 Å². The van der Waals surface area contributed by atoms with Crippen LogP contribution in [0.25, 0.3) is 0 Å². The third kappa shape index (κ3) is 4.40. The van der Waals surface area contributed by atoms with Crippen LogP contribution in [-0.4, -0.2) is 50.3 Å². The maximum Gasteiger partial charge on any atom is 0.0593 e. The quantitative estimate of drug-likeness (QED) is 0.623. The lowest BCUT2D eigenvalue weighted by atomic mass is 10.2. The molecular weight excluding hydrogens is 176 g/mol. The van der Waals surface area contributed by atoms with E-state index in [1.807, 2.05) is 0 Å². The molecule has 3 heteroatoms. The van der Waals surface area contributed by atoms with Crippen molar-refractivity contribution < 1.29 is 4.74 Å². The van der Waals surface area contributed by atoms with Crippen molar-refractivity contribution in [3.8, 4) is 0 Å². The first-order valence-corrected chi connectivity index (χ1v) is 5.90. The smallest absolute Gasteiger partial charge is 0.0593 e. The molecule has 0 saturated carbocycles. The van der Waals surface area contributed by atoms with Crippen LogP contribution >= 0.6 is 0 Å². The van der Waals surface area contributed by atoms with Gasteiger partial charge in [-0.15, -0.1) is 0 Å². The highest BCUT2D eigenvalue weighted by Gasteiger charge is 2.16. The molecule has 1 aliphatic rings. The average Bonchev–Trinajstić information content (AvgIpc) is 2.69. The molecule has 14 heavy (non-hydrogen) atoms. The van der Waals surface area contributed by atoms with Crippen LogP contribution in [0.15, 0.2) is 0 Å². The van der Waals surface area contributed by atoms with Gasteiger partial charge in [0.1, 0.15) is 0 Å². The summed E-state index contributed by atoms with van der Waals surface area (Å²) in [7, 11) is 0. The molecule has 0 amide bonds. The molecule has 1 fully saturated rings. The van der Waals surface area contributed by atoms with E-state index in [-0.39, 0.29) is 0 Å². The number of rotatable bonds is 7. The predicted octanol–water partition coefficient (Wildman–Crippen LogP) is 1.10. The maximum atomic E-state index is 5.37. The van der Waals surface area contributed by atoms with Gasteiger partial charge in [0.05, 0.1) is 6.61 Å². The number of likely N-dealkylation sites (N-methyl/N-ethyl adjacent to an activating group) is 1. The number of ether oxygens (including phenoxy) is 1. The maximum absolute atomic E-state index is 5.37. The summed E-state index contributed by atoms with van der Waals surface area (Å²) in [5.41, 5.74) is 0. The summed E-state index contributed by atoms with van der Waals surface area (Å²) in [5.74, 6) is 0. The summed E-state index contributed by atoms with van der Waals surface area (Å²) < 4.78 is 5.37. The highest BCUT2D eigenvalue weighted by Crippen LogP contribution is 2.06. The van der Waals surface area contributed by atoms with Crippen molar-refractivity contribution in [2.75, 3.05) is 39.4 Å². The SMILES string of the molecule is CCOCCN(CC)CC1CCCN1. The van der Waals surface area contributed by atoms with Crippen molar-refractivity contribution in [1.82, 2.24) is 10.2 Å². The Labute approximate surface area is 87.8 Å². The summed E-state index contributed by atoms with van der Waals surface area (Å²) in [6, 6.07) is 0.719. The lowest BCUT2D eigenvalue weighted by Crippen LogP contribution is -2.39. The van der Waals surface area contributed by atoms with Crippen LogP contribution in [0.2, 0.25) is 0 Å². The highest BCUT2D eigenvalue weighted by molar-refractivity contribution is 4.77. The van der Waals surface area contributed by atoms with Gasteiger partial charge in [0.15, 0.2) is 0 Å². The minimum absolute atomic E-state index is 0.719. The Hall–Kier alpha value is -0.120. The Kier molecular flexibility index (Phi) is 6.15. The Bertz CT molecular complexity index is 135. The summed E-state index contributed by atoms with van der Waals surface area (Å²) >= 11 is 0. The Morgan fingerprint density at radius 3 is 2.86 bits per heavy atom. The van der Waals surface area contributed by atoms with E-state index in [0.717, 1.165) is 32.3 Å². The standard InChI is InChI=1S/C11H24N2O/c1-3-13(8-9-14-4-2)10-11-6-5-7-12-11/h11-12H,3-10H2,1-2H3. The van der Waals surface area contributed by atoms with E-state index in [1.54, 1.807) is 0 Å². The molecule has 3 nitrogen and oxygen atoms in total. The predicted molar refractivity (Wildman–Crippen MR) is 59.6 cm³/mol. The summed E-state index contributed by atoms with van der Waals surface area (Å²) in [4.78, 5) is 2.47. The third-order valence-electron chi connectivity index (χ3n) is 2.84. The van der Waals surface area contributed by atoms with Crippen molar-refractivity contribution in [3.05, 3.63) is 0 Å². The molecular formula is C11H24N2O. The van der Waals surface area contributed by atoms with Crippen molar-refractivity contribution in [2.45, 2.75) is 32.7 Å². The van der Waals surface area contributed by atoms with Gasteiger partial charge in [-0.3, -0.25) is 4.90 Å². The van der Waals surface area contributed by atoms with E-state index in [2.05, 4.69) is 24.1 Å². The van der Waals surface area contributed by atoms with E-state index < -0.39 is 0 Å². The van der Waals surface area contributed by atoms with Crippen LogP contribution < -0.4 is 5.32 Å². The average molecular weight is 200 g/mol. The van der Waals surface area contributed by atoms with Gasteiger partial charge in [-0.1, -0.05) is 6.92 Å². The Morgan fingerprint density at radius 1 is 1.43 bits per heavy atom. The van der Waals surface area contributed by atoms with Gasteiger partial charge in [-0.25, -0.2) is 0 Å². The van der Waals surface area contributed by atoms with Crippen LogP contribution in [-0.2, 0) is 4.74 Å². The van der Waals surface area contributed by atoms with Crippen molar-refractivity contribution in [3.63, 3.8) is 0 Å². The summed E-state index contributed by atoms with van der Waals surface area (Å²) in [6.07, 6.45) is 2.68. The lowest BCUT2D eigenvalue weighted by Gasteiger charge is -2.23. The number of nitrogens with one attached hydrogen (secondary N) is 1. The molecule has 0 aliphatic carbocycles. The monoisotopic (exact) mass is 200 g/mol. The number of hydrogen-bond acceptors (Lipinski definition) is 3. The fraction of sp³-hybridized carbons (Fsp3) is 1.00. The highest BCUT2D eigenvalue weighted by atomic mass is 16.5.